The standard InChI is InChI=1S/C48H32/c1-2-13-33(14-3-1)34-25-27-35(28-26-34)36-29-31-38(32-30-36)47-43-20-8-10-22-45(43)48(46-23-11-9-21-44(46)47)42-19-7-6-18-41(42)40-24-12-16-37-15-4-5-17-39(37)40/h1-32H. The van der Waals surface area contributed by atoms with Gasteiger partial charge in [0.15, 0.2) is 0 Å². The maximum atomic E-state index is 2.29. The Morgan fingerprint density at radius 1 is 0.188 bits per heavy atom. The number of fused-ring (bicyclic) bond motifs is 3. The second kappa shape index (κ2) is 11.8. The van der Waals surface area contributed by atoms with Crippen LogP contribution in [-0.4, -0.2) is 0 Å². The zero-order chi connectivity index (χ0) is 31.9. The molecule has 0 aliphatic carbocycles. The van der Waals surface area contributed by atoms with E-state index in [9.17, 15) is 0 Å². The molecule has 0 saturated carbocycles. The number of hydrogen-bond acceptors (Lipinski definition) is 0. The first-order chi connectivity index (χ1) is 23.8. The Bertz CT molecular complexity index is 2510. The van der Waals surface area contributed by atoms with Gasteiger partial charge in [0.2, 0.25) is 0 Å². The third kappa shape index (κ3) is 4.78. The van der Waals surface area contributed by atoms with Crippen molar-refractivity contribution in [2.45, 2.75) is 0 Å². The Kier molecular flexibility index (Phi) is 6.91. The first kappa shape index (κ1) is 28.0. The molecule has 0 N–H and O–H groups in total. The van der Waals surface area contributed by atoms with Crippen molar-refractivity contribution in [3.8, 4) is 55.6 Å². The average Bonchev–Trinajstić information content (AvgIpc) is 3.17. The predicted octanol–water partition coefficient (Wildman–Crippen LogP) is 13.5. The van der Waals surface area contributed by atoms with Crippen LogP contribution in [0, 0.1) is 0 Å². The van der Waals surface area contributed by atoms with E-state index in [0.29, 0.717) is 0 Å². The lowest BCUT2D eigenvalue weighted by Gasteiger charge is -2.20. The minimum absolute atomic E-state index is 1.22. The van der Waals surface area contributed by atoms with E-state index >= 15 is 0 Å². The molecule has 48 heavy (non-hydrogen) atoms. The summed E-state index contributed by atoms with van der Waals surface area (Å²) in [6.45, 7) is 0. The van der Waals surface area contributed by atoms with E-state index in [1.54, 1.807) is 0 Å². The van der Waals surface area contributed by atoms with E-state index in [-0.39, 0.29) is 0 Å². The van der Waals surface area contributed by atoms with Crippen LogP contribution in [0.3, 0.4) is 0 Å². The lowest BCUT2D eigenvalue weighted by molar-refractivity contribution is 1.59. The summed E-state index contributed by atoms with van der Waals surface area (Å²) < 4.78 is 0. The number of hydrogen-bond donors (Lipinski definition) is 0. The molecule has 0 heterocycles. The van der Waals surface area contributed by atoms with Crippen LogP contribution < -0.4 is 0 Å². The van der Waals surface area contributed by atoms with Crippen LogP contribution >= 0.6 is 0 Å². The molecular weight excluding hydrogens is 577 g/mol. The first-order valence-corrected chi connectivity index (χ1v) is 16.6. The van der Waals surface area contributed by atoms with Crippen LogP contribution in [0.2, 0.25) is 0 Å². The number of rotatable bonds is 5. The van der Waals surface area contributed by atoms with Gasteiger partial charge < -0.3 is 0 Å². The maximum Gasteiger partial charge on any atom is -0.00201 e. The molecule has 0 radical (unpaired) electrons. The molecule has 0 nitrogen and oxygen atoms in total. The summed E-state index contributed by atoms with van der Waals surface area (Å²) in [6, 6.07) is 70.6. The summed E-state index contributed by atoms with van der Waals surface area (Å²) in [5, 5.41) is 7.58. The van der Waals surface area contributed by atoms with Crippen LogP contribution in [0.25, 0.3) is 88.0 Å². The third-order valence-electron chi connectivity index (χ3n) is 9.71. The van der Waals surface area contributed by atoms with Crippen molar-refractivity contribution < 1.29 is 0 Å². The molecule has 9 rings (SSSR count). The van der Waals surface area contributed by atoms with Crippen molar-refractivity contribution in [3.63, 3.8) is 0 Å². The molecule has 0 spiro atoms. The monoisotopic (exact) mass is 608 g/mol. The third-order valence-corrected chi connectivity index (χ3v) is 9.71. The topological polar surface area (TPSA) is 0 Å². The Hall–Kier alpha value is -6.24. The van der Waals surface area contributed by atoms with Gasteiger partial charge in [-0.25, -0.2) is 0 Å². The van der Waals surface area contributed by atoms with Gasteiger partial charge in [0.05, 0.1) is 0 Å². The van der Waals surface area contributed by atoms with Gasteiger partial charge in [0.1, 0.15) is 0 Å². The molecule has 0 fully saturated rings. The summed E-state index contributed by atoms with van der Waals surface area (Å²) in [5.74, 6) is 0. The molecule has 224 valence electrons. The maximum absolute atomic E-state index is 2.29. The molecular formula is C48H32. The van der Waals surface area contributed by atoms with Crippen molar-refractivity contribution in [1.29, 1.82) is 0 Å². The van der Waals surface area contributed by atoms with Gasteiger partial charge in [-0.15, -0.1) is 0 Å². The van der Waals surface area contributed by atoms with Gasteiger partial charge in [0, 0.05) is 0 Å². The second-order valence-electron chi connectivity index (χ2n) is 12.4. The zero-order valence-electron chi connectivity index (χ0n) is 26.5. The van der Waals surface area contributed by atoms with Crippen molar-refractivity contribution in [3.05, 3.63) is 194 Å². The average molecular weight is 609 g/mol. The van der Waals surface area contributed by atoms with Crippen molar-refractivity contribution in [2.75, 3.05) is 0 Å². The molecule has 0 amide bonds. The van der Waals surface area contributed by atoms with E-state index in [0.717, 1.165) is 0 Å². The molecule has 0 bridgehead atoms. The Balaban J connectivity index is 1.21. The summed E-state index contributed by atoms with van der Waals surface area (Å²) in [7, 11) is 0. The lowest BCUT2D eigenvalue weighted by atomic mass is 9.83. The molecule has 0 unspecified atom stereocenters. The summed E-state index contributed by atoms with van der Waals surface area (Å²) >= 11 is 0. The SMILES string of the molecule is c1ccc(-c2ccc(-c3ccc(-c4c5ccccc5c(-c5ccccc5-c5cccc6ccccc56)c5ccccc45)cc3)cc2)cc1. The van der Waals surface area contributed by atoms with Gasteiger partial charge in [0.25, 0.3) is 0 Å². The van der Waals surface area contributed by atoms with Crippen LogP contribution in [0.1, 0.15) is 0 Å². The normalized spacial score (nSPS) is 11.3. The minimum Gasteiger partial charge on any atom is -0.0622 e. The van der Waals surface area contributed by atoms with Crippen LogP contribution in [-0.2, 0) is 0 Å². The fourth-order valence-electron chi connectivity index (χ4n) is 7.44. The van der Waals surface area contributed by atoms with Crippen molar-refractivity contribution >= 4 is 32.3 Å². The zero-order valence-corrected chi connectivity index (χ0v) is 26.5. The van der Waals surface area contributed by atoms with Gasteiger partial charge in [-0.05, 0) is 88.0 Å². The molecule has 0 aliphatic heterocycles. The van der Waals surface area contributed by atoms with E-state index in [2.05, 4.69) is 194 Å². The van der Waals surface area contributed by atoms with E-state index < -0.39 is 0 Å². The van der Waals surface area contributed by atoms with Crippen LogP contribution in [0.4, 0.5) is 0 Å². The highest BCUT2D eigenvalue weighted by Gasteiger charge is 2.19. The fourth-order valence-corrected chi connectivity index (χ4v) is 7.44. The lowest BCUT2D eigenvalue weighted by Crippen LogP contribution is -1.93. The molecule has 0 saturated heterocycles. The molecule has 9 aromatic carbocycles. The Morgan fingerprint density at radius 2 is 0.562 bits per heavy atom. The van der Waals surface area contributed by atoms with Crippen molar-refractivity contribution in [1.82, 2.24) is 0 Å². The van der Waals surface area contributed by atoms with Gasteiger partial charge in [-0.3, -0.25) is 0 Å². The molecule has 9 aromatic rings. The van der Waals surface area contributed by atoms with Crippen molar-refractivity contribution in [2.24, 2.45) is 0 Å². The molecule has 0 atom stereocenters. The minimum atomic E-state index is 1.22. The Labute approximate surface area is 281 Å². The highest BCUT2D eigenvalue weighted by atomic mass is 14.2. The predicted molar refractivity (Wildman–Crippen MR) is 206 cm³/mol. The number of benzene rings is 9. The highest BCUT2D eigenvalue weighted by Crippen LogP contribution is 2.46. The van der Waals surface area contributed by atoms with E-state index in [1.165, 1.54) is 88.0 Å². The summed E-state index contributed by atoms with van der Waals surface area (Å²) in [4.78, 5) is 0. The fraction of sp³-hybridized carbons (Fsp3) is 0. The van der Waals surface area contributed by atoms with E-state index in [1.807, 2.05) is 0 Å². The van der Waals surface area contributed by atoms with E-state index in [4.69, 9.17) is 0 Å². The molecule has 0 aromatic heterocycles. The largest absolute Gasteiger partial charge is 0.0622 e. The smallest absolute Gasteiger partial charge is 0.00201 e. The molecule has 0 aliphatic rings. The highest BCUT2D eigenvalue weighted by molar-refractivity contribution is 6.22. The summed E-state index contributed by atoms with van der Waals surface area (Å²) in [6.07, 6.45) is 0. The summed E-state index contributed by atoms with van der Waals surface area (Å²) in [5.41, 5.74) is 12.4. The van der Waals surface area contributed by atoms with Crippen LogP contribution in [0.15, 0.2) is 194 Å². The van der Waals surface area contributed by atoms with Gasteiger partial charge in [-0.2, -0.15) is 0 Å². The second-order valence-corrected chi connectivity index (χ2v) is 12.4. The van der Waals surface area contributed by atoms with Gasteiger partial charge >= 0.3 is 0 Å². The van der Waals surface area contributed by atoms with Gasteiger partial charge in [-0.1, -0.05) is 194 Å². The molecule has 0 heteroatoms. The van der Waals surface area contributed by atoms with Crippen LogP contribution in [0.5, 0.6) is 0 Å². The quantitative estimate of drug-likeness (QED) is 0.171. The Morgan fingerprint density at radius 3 is 1.15 bits per heavy atom. The first-order valence-electron chi connectivity index (χ1n) is 16.6.